The van der Waals surface area contributed by atoms with Crippen molar-refractivity contribution in [1.82, 2.24) is 0 Å². The van der Waals surface area contributed by atoms with Crippen LogP contribution in [0.3, 0.4) is 0 Å². The first-order valence-corrected chi connectivity index (χ1v) is 9.28. The van der Waals surface area contributed by atoms with Crippen LogP contribution in [0.15, 0.2) is 84.0 Å². The number of nitrogens with zero attached hydrogens (tertiary/aromatic N) is 1. The molecule has 0 fully saturated rings. The largest absolute Gasteiger partial charge is 0.497 e. The van der Waals surface area contributed by atoms with Crippen LogP contribution in [0.5, 0.6) is 5.75 Å². The van der Waals surface area contributed by atoms with E-state index in [1.807, 2.05) is 42.5 Å². The average molecular weight is 392 g/mol. The smallest absolute Gasteiger partial charge is 0.207 e. The third kappa shape index (κ3) is 3.51. The van der Waals surface area contributed by atoms with Gasteiger partial charge in [0.2, 0.25) is 11.9 Å². The molecule has 2 atom stereocenters. The van der Waals surface area contributed by atoms with E-state index < -0.39 is 6.10 Å². The monoisotopic (exact) mass is 391 g/mol. The zero-order valence-electron chi connectivity index (χ0n) is 15.2. The van der Waals surface area contributed by atoms with Crippen molar-refractivity contribution in [2.24, 2.45) is 5.16 Å². The highest BCUT2D eigenvalue weighted by Gasteiger charge is 2.41. The Labute approximate surface area is 168 Å². The van der Waals surface area contributed by atoms with Crippen LogP contribution in [0.4, 0.5) is 0 Å². The molecule has 5 heteroatoms. The lowest BCUT2D eigenvalue weighted by molar-refractivity contribution is 0.0516. The quantitative estimate of drug-likeness (QED) is 0.567. The van der Waals surface area contributed by atoms with Crippen molar-refractivity contribution in [2.75, 3.05) is 7.11 Å². The molecule has 4 nitrogen and oxygen atoms in total. The van der Waals surface area contributed by atoms with E-state index in [9.17, 15) is 4.79 Å². The number of carbonyl (C=O) groups is 1. The van der Waals surface area contributed by atoms with Gasteiger partial charge in [-0.15, -0.1) is 0 Å². The van der Waals surface area contributed by atoms with Crippen molar-refractivity contribution < 1.29 is 14.4 Å². The Bertz CT molecular complexity index is 998. The van der Waals surface area contributed by atoms with E-state index in [4.69, 9.17) is 21.2 Å². The number of halogens is 1. The molecule has 0 amide bonds. The Morgan fingerprint density at radius 2 is 1.64 bits per heavy atom. The van der Waals surface area contributed by atoms with Gasteiger partial charge in [-0.3, -0.25) is 4.79 Å². The van der Waals surface area contributed by atoms with E-state index in [0.717, 1.165) is 16.8 Å². The number of ketones is 1. The van der Waals surface area contributed by atoms with Crippen LogP contribution in [0.1, 0.15) is 27.4 Å². The summed E-state index contributed by atoms with van der Waals surface area (Å²) in [7, 11) is 1.59. The fourth-order valence-corrected chi connectivity index (χ4v) is 3.47. The van der Waals surface area contributed by atoms with Crippen LogP contribution in [0.2, 0.25) is 5.02 Å². The molecule has 0 aliphatic carbocycles. The minimum absolute atomic E-state index is 0.121. The van der Waals surface area contributed by atoms with E-state index in [2.05, 4.69) is 5.16 Å². The molecule has 140 valence electrons. The van der Waals surface area contributed by atoms with Crippen LogP contribution < -0.4 is 4.74 Å². The van der Waals surface area contributed by atoms with Gasteiger partial charge >= 0.3 is 0 Å². The van der Waals surface area contributed by atoms with Crippen molar-refractivity contribution in [2.45, 2.75) is 12.0 Å². The molecule has 0 aromatic heterocycles. The summed E-state index contributed by atoms with van der Waals surface area (Å²) < 4.78 is 5.17. The fraction of sp³-hybridized carbons (Fsp3) is 0.130. The summed E-state index contributed by atoms with van der Waals surface area (Å²) in [5.74, 6) is 0.266. The first kappa shape index (κ1) is 18.3. The Morgan fingerprint density at radius 1 is 0.964 bits per heavy atom. The number of methoxy groups -OCH3 is 1. The molecule has 0 saturated carbocycles. The van der Waals surface area contributed by atoms with Gasteiger partial charge in [-0.1, -0.05) is 59.2 Å². The number of carbonyl (C=O) groups excluding carboxylic acids is 1. The Balaban J connectivity index is 1.70. The summed E-state index contributed by atoms with van der Waals surface area (Å²) in [6.45, 7) is 0. The molecule has 0 N–H and O–H groups in total. The van der Waals surface area contributed by atoms with Crippen LogP contribution in [0, 0.1) is 0 Å². The number of Topliss-reactive ketones (excluding diaryl/α,β-unsaturated/α-hetero) is 1. The lowest BCUT2D eigenvalue weighted by Gasteiger charge is -2.19. The van der Waals surface area contributed by atoms with Gasteiger partial charge in [0, 0.05) is 16.1 Å². The van der Waals surface area contributed by atoms with E-state index in [0.29, 0.717) is 16.3 Å². The lowest BCUT2D eigenvalue weighted by Crippen LogP contribution is -2.30. The number of oxime groups is 1. The van der Waals surface area contributed by atoms with Gasteiger partial charge in [-0.25, -0.2) is 0 Å². The van der Waals surface area contributed by atoms with Crippen LogP contribution in [-0.4, -0.2) is 24.7 Å². The van der Waals surface area contributed by atoms with E-state index in [1.54, 1.807) is 43.5 Å². The van der Waals surface area contributed by atoms with Crippen LogP contribution in [-0.2, 0) is 4.84 Å². The second-order valence-electron chi connectivity index (χ2n) is 6.49. The van der Waals surface area contributed by atoms with Crippen molar-refractivity contribution in [3.05, 3.63) is 101 Å². The fourth-order valence-electron chi connectivity index (χ4n) is 3.34. The topological polar surface area (TPSA) is 47.9 Å². The highest BCUT2D eigenvalue weighted by atomic mass is 35.5. The molecular weight excluding hydrogens is 374 g/mol. The van der Waals surface area contributed by atoms with Gasteiger partial charge in [-0.2, -0.15) is 0 Å². The molecule has 3 aromatic rings. The van der Waals surface area contributed by atoms with Crippen molar-refractivity contribution >= 4 is 23.1 Å². The number of benzene rings is 3. The maximum Gasteiger partial charge on any atom is 0.207 e. The Morgan fingerprint density at radius 3 is 2.29 bits per heavy atom. The highest BCUT2D eigenvalue weighted by Crippen LogP contribution is 2.34. The molecule has 1 heterocycles. The first-order chi connectivity index (χ1) is 13.7. The van der Waals surface area contributed by atoms with E-state index in [-0.39, 0.29) is 11.7 Å². The molecule has 0 saturated heterocycles. The molecular formula is C23H18ClNO3. The predicted octanol–water partition coefficient (Wildman–Crippen LogP) is 5.12. The molecule has 0 bridgehead atoms. The number of ether oxygens (including phenoxy) is 1. The molecule has 0 unspecified atom stereocenters. The maximum atomic E-state index is 13.2. The van der Waals surface area contributed by atoms with Crippen molar-refractivity contribution in [3.8, 4) is 5.75 Å². The molecule has 0 spiro atoms. The van der Waals surface area contributed by atoms with E-state index in [1.165, 1.54) is 0 Å². The zero-order chi connectivity index (χ0) is 19.5. The third-order valence-corrected chi connectivity index (χ3v) is 5.05. The predicted molar refractivity (Wildman–Crippen MR) is 109 cm³/mol. The molecule has 1 aliphatic heterocycles. The molecule has 1 aliphatic rings. The van der Waals surface area contributed by atoms with Gasteiger partial charge in [0.15, 0.2) is 0 Å². The van der Waals surface area contributed by atoms with Gasteiger partial charge in [0.25, 0.3) is 0 Å². The average Bonchev–Trinajstić information content (AvgIpc) is 3.19. The van der Waals surface area contributed by atoms with Crippen LogP contribution in [0.25, 0.3) is 0 Å². The standard InChI is InChI=1S/C23H18ClNO3/c1-27-19-13-9-17(10-14-19)22(26)23-20(15-5-3-2-4-6-15)21(25-28-23)16-7-11-18(24)12-8-16/h2-14,20,23H,1H3/t20-,23-/m0/s1. The summed E-state index contributed by atoms with van der Waals surface area (Å²) in [6, 6.07) is 24.2. The van der Waals surface area contributed by atoms with Gasteiger partial charge in [0.1, 0.15) is 5.75 Å². The van der Waals surface area contributed by atoms with Gasteiger partial charge in [0.05, 0.1) is 18.7 Å². The summed E-state index contributed by atoms with van der Waals surface area (Å²) in [6.07, 6.45) is -0.735. The summed E-state index contributed by atoms with van der Waals surface area (Å²) in [5, 5.41) is 4.93. The Hall–Kier alpha value is -3.11. The number of rotatable bonds is 5. The molecule has 0 radical (unpaired) electrons. The molecule has 3 aromatic carbocycles. The maximum absolute atomic E-state index is 13.2. The lowest BCUT2D eigenvalue weighted by atomic mass is 9.83. The summed E-state index contributed by atoms with van der Waals surface area (Å²) in [4.78, 5) is 18.9. The summed E-state index contributed by atoms with van der Waals surface area (Å²) >= 11 is 6.02. The second-order valence-corrected chi connectivity index (χ2v) is 6.93. The molecule has 28 heavy (non-hydrogen) atoms. The first-order valence-electron chi connectivity index (χ1n) is 8.90. The highest BCUT2D eigenvalue weighted by molar-refractivity contribution is 6.30. The Kier molecular flexibility index (Phi) is 5.13. The summed E-state index contributed by atoms with van der Waals surface area (Å²) in [5.41, 5.74) is 3.12. The third-order valence-electron chi connectivity index (χ3n) is 4.79. The van der Waals surface area contributed by atoms with Gasteiger partial charge in [-0.05, 0) is 42.0 Å². The SMILES string of the molecule is COc1ccc(C(=O)[C@H]2ON=C(c3ccc(Cl)cc3)[C@@H]2c2ccccc2)cc1. The van der Waals surface area contributed by atoms with E-state index >= 15 is 0 Å². The minimum Gasteiger partial charge on any atom is -0.497 e. The molecule has 4 rings (SSSR count). The number of hydrogen-bond acceptors (Lipinski definition) is 4. The second kappa shape index (κ2) is 7.87. The van der Waals surface area contributed by atoms with Gasteiger partial charge < -0.3 is 9.57 Å². The normalized spacial score (nSPS) is 18.3. The van der Waals surface area contributed by atoms with Crippen LogP contribution >= 0.6 is 11.6 Å². The van der Waals surface area contributed by atoms with Crippen molar-refractivity contribution in [1.29, 1.82) is 0 Å². The number of hydrogen-bond donors (Lipinski definition) is 0. The minimum atomic E-state index is -0.735. The van der Waals surface area contributed by atoms with Crippen molar-refractivity contribution in [3.63, 3.8) is 0 Å². The zero-order valence-corrected chi connectivity index (χ0v) is 16.0.